The Morgan fingerprint density at radius 2 is 1.54 bits per heavy atom. The monoisotopic (exact) mass is 360 g/mol. The normalized spacial score (nSPS) is 26.1. The highest BCUT2D eigenvalue weighted by Crippen LogP contribution is 2.27. The van der Waals surface area contributed by atoms with Crippen molar-refractivity contribution in [3.63, 3.8) is 0 Å². The maximum atomic E-state index is 9.93. The van der Waals surface area contributed by atoms with E-state index in [9.17, 15) is 25.5 Å². The average Bonchev–Trinajstić information content (AvgIpc) is 2.61. The van der Waals surface area contributed by atoms with Crippen LogP contribution in [0.15, 0.2) is 42.5 Å². The number of aromatic hydroxyl groups is 2. The van der Waals surface area contributed by atoms with Crippen LogP contribution in [0.5, 0.6) is 17.2 Å². The number of aliphatic hydroxyl groups excluding tert-OH is 3. The third kappa shape index (κ3) is 4.33. The van der Waals surface area contributed by atoms with E-state index < -0.39 is 24.6 Å². The Balaban J connectivity index is 1.74. The van der Waals surface area contributed by atoms with Crippen molar-refractivity contribution in [1.29, 1.82) is 0 Å². The first-order chi connectivity index (χ1) is 12.4. The van der Waals surface area contributed by atoms with Crippen LogP contribution in [0.1, 0.15) is 11.1 Å². The lowest BCUT2D eigenvalue weighted by Crippen LogP contribution is -2.54. The van der Waals surface area contributed by atoms with E-state index in [0.29, 0.717) is 5.56 Å². The molecule has 7 heteroatoms. The second-order valence-corrected chi connectivity index (χ2v) is 6.05. The number of ether oxygens (including phenoxy) is 2. The summed E-state index contributed by atoms with van der Waals surface area (Å²) in [5.41, 5.74) is 1.50. The van der Waals surface area contributed by atoms with Gasteiger partial charge >= 0.3 is 0 Å². The molecule has 138 valence electrons. The third-order valence-corrected chi connectivity index (χ3v) is 3.98. The first kappa shape index (κ1) is 18.2. The van der Waals surface area contributed by atoms with E-state index >= 15 is 0 Å². The molecule has 0 bridgehead atoms. The van der Waals surface area contributed by atoms with Crippen molar-refractivity contribution < 1.29 is 35.0 Å². The predicted octanol–water partition coefficient (Wildman–Crippen LogP) is 1.09. The van der Waals surface area contributed by atoms with E-state index in [-0.39, 0.29) is 23.9 Å². The Hall–Kier alpha value is -2.58. The molecule has 4 atom stereocenters. The van der Waals surface area contributed by atoms with Gasteiger partial charge in [-0.3, -0.25) is 0 Å². The van der Waals surface area contributed by atoms with Gasteiger partial charge in [-0.2, -0.15) is 0 Å². The second kappa shape index (κ2) is 7.76. The van der Waals surface area contributed by atoms with E-state index in [1.807, 2.05) is 0 Å². The number of aliphatic hydroxyl groups is 3. The minimum absolute atomic E-state index is 0.0428. The van der Waals surface area contributed by atoms with Gasteiger partial charge in [0.25, 0.3) is 0 Å². The van der Waals surface area contributed by atoms with Crippen molar-refractivity contribution in [3.8, 4) is 17.2 Å². The van der Waals surface area contributed by atoms with Gasteiger partial charge in [0.15, 0.2) is 0 Å². The van der Waals surface area contributed by atoms with Crippen molar-refractivity contribution in [1.82, 2.24) is 0 Å². The van der Waals surface area contributed by atoms with Crippen molar-refractivity contribution in [2.24, 2.45) is 0 Å². The average molecular weight is 360 g/mol. The van der Waals surface area contributed by atoms with Crippen LogP contribution in [0.25, 0.3) is 12.2 Å². The van der Waals surface area contributed by atoms with Crippen LogP contribution in [-0.2, 0) is 4.74 Å². The van der Waals surface area contributed by atoms with Crippen molar-refractivity contribution in [3.05, 3.63) is 53.6 Å². The topological polar surface area (TPSA) is 120 Å². The van der Waals surface area contributed by atoms with E-state index in [4.69, 9.17) is 9.47 Å². The molecule has 26 heavy (non-hydrogen) atoms. The Morgan fingerprint density at radius 3 is 2.27 bits per heavy atom. The van der Waals surface area contributed by atoms with E-state index in [0.717, 1.165) is 5.56 Å². The maximum absolute atomic E-state index is 9.93. The molecule has 3 rings (SSSR count). The van der Waals surface area contributed by atoms with Gasteiger partial charge in [0.1, 0.15) is 35.6 Å². The minimum Gasteiger partial charge on any atom is -0.508 e. The van der Waals surface area contributed by atoms with Gasteiger partial charge in [-0.1, -0.05) is 24.3 Å². The molecule has 0 unspecified atom stereocenters. The summed E-state index contributed by atoms with van der Waals surface area (Å²) in [4.78, 5) is 0. The molecule has 7 nitrogen and oxygen atoms in total. The first-order valence-electron chi connectivity index (χ1n) is 8.06. The number of hydrogen-bond donors (Lipinski definition) is 5. The standard InChI is InChI=1S/C19H20O7/c20-13-5-3-11(4-6-13)1-2-12-7-14(21)9-15(8-12)26-19-18(24)17(23)16(22)10-25-19/h1-9,16-24H,10H2/b2-1-/t16-,17+,18-,19-/m1/s1. The number of hydrogen-bond acceptors (Lipinski definition) is 7. The Kier molecular flexibility index (Phi) is 5.43. The summed E-state index contributed by atoms with van der Waals surface area (Å²) in [7, 11) is 0. The maximum Gasteiger partial charge on any atom is 0.228 e. The van der Waals surface area contributed by atoms with E-state index in [1.54, 1.807) is 42.5 Å². The Bertz CT molecular complexity index is 772. The van der Waals surface area contributed by atoms with Gasteiger partial charge in [0.05, 0.1) is 6.61 Å². The fraction of sp³-hybridized carbons (Fsp3) is 0.263. The van der Waals surface area contributed by atoms with E-state index in [2.05, 4.69) is 0 Å². The van der Waals surface area contributed by atoms with Crippen LogP contribution in [0.4, 0.5) is 0 Å². The molecule has 1 saturated heterocycles. The van der Waals surface area contributed by atoms with Crippen LogP contribution in [0.2, 0.25) is 0 Å². The van der Waals surface area contributed by atoms with Gasteiger partial charge in [-0.15, -0.1) is 0 Å². The number of benzene rings is 2. The highest BCUT2D eigenvalue weighted by molar-refractivity contribution is 5.71. The Labute approximate surface area is 150 Å². The summed E-state index contributed by atoms with van der Waals surface area (Å²) in [6.07, 6.45) is -1.60. The third-order valence-electron chi connectivity index (χ3n) is 3.98. The highest BCUT2D eigenvalue weighted by Gasteiger charge is 2.39. The van der Waals surface area contributed by atoms with Gasteiger partial charge in [0.2, 0.25) is 6.29 Å². The number of phenolic OH excluding ortho intramolecular Hbond substituents is 2. The highest BCUT2D eigenvalue weighted by atomic mass is 16.7. The first-order valence-corrected chi connectivity index (χ1v) is 8.06. The van der Waals surface area contributed by atoms with Crippen LogP contribution in [0.3, 0.4) is 0 Å². The summed E-state index contributed by atoms with van der Waals surface area (Å²) >= 11 is 0. The molecule has 0 spiro atoms. The zero-order chi connectivity index (χ0) is 18.7. The van der Waals surface area contributed by atoms with Gasteiger partial charge in [0, 0.05) is 6.07 Å². The van der Waals surface area contributed by atoms with Gasteiger partial charge < -0.3 is 35.0 Å². The molecule has 2 aromatic carbocycles. The van der Waals surface area contributed by atoms with Gasteiger partial charge in [-0.05, 0) is 35.4 Å². The molecular formula is C19H20O7. The molecule has 1 heterocycles. The SMILES string of the molecule is Oc1ccc(/C=C\c2cc(O)cc(O[C@H]3OC[C@@H](O)[C@H](O)[C@H]3O)c2)cc1. The minimum atomic E-state index is -1.42. The lowest BCUT2D eigenvalue weighted by Gasteiger charge is -2.34. The van der Waals surface area contributed by atoms with Crippen LogP contribution < -0.4 is 4.74 Å². The quantitative estimate of drug-likeness (QED) is 0.518. The lowest BCUT2D eigenvalue weighted by molar-refractivity contribution is -0.242. The number of rotatable bonds is 4. The molecule has 0 radical (unpaired) electrons. The molecule has 0 aromatic heterocycles. The molecular weight excluding hydrogens is 340 g/mol. The van der Waals surface area contributed by atoms with Gasteiger partial charge in [-0.25, -0.2) is 0 Å². The molecule has 5 N–H and O–H groups in total. The Morgan fingerprint density at radius 1 is 0.846 bits per heavy atom. The summed E-state index contributed by atoms with van der Waals surface area (Å²) in [5, 5.41) is 48.2. The fourth-order valence-corrected chi connectivity index (χ4v) is 2.56. The summed E-state index contributed by atoms with van der Waals surface area (Å²) in [5.74, 6) is 0.371. The van der Waals surface area contributed by atoms with Crippen LogP contribution in [-0.4, -0.2) is 56.7 Å². The molecule has 1 aliphatic heterocycles. The summed E-state index contributed by atoms with van der Waals surface area (Å²) < 4.78 is 10.7. The number of phenols is 2. The lowest BCUT2D eigenvalue weighted by atomic mass is 10.1. The van der Waals surface area contributed by atoms with Crippen molar-refractivity contribution in [2.45, 2.75) is 24.6 Å². The zero-order valence-corrected chi connectivity index (χ0v) is 13.8. The van der Waals surface area contributed by atoms with Crippen LogP contribution in [0, 0.1) is 0 Å². The van der Waals surface area contributed by atoms with Crippen molar-refractivity contribution in [2.75, 3.05) is 6.61 Å². The molecule has 0 amide bonds. The molecule has 1 fully saturated rings. The molecule has 0 saturated carbocycles. The molecule has 0 aliphatic carbocycles. The second-order valence-electron chi connectivity index (χ2n) is 6.05. The zero-order valence-electron chi connectivity index (χ0n) is 13.8. The summed E-state index contributed by atoms with van der Waals surface area (Å²) in [6, 6.07) is 11.1. The smallest absolute Gasteiger partial charge is 0.228 e. The predicted molar refractivity (Wildman–Crippen MR) is 93.5 cm³/mol. The van der Waals surface area contributed by atoms with Crippen molar-refractivity contribution >= 4 is 12.2 Å². The fourth-order valence-electron chi connectivity index (χ4n) is 2.56. The molecule has 1 aliphatic rings. The van der Waals surface area contributed by atoms with Crippen LogP contribution >= 0.6 is 0 Å². The summed E-state index contributed by atoms with van der Waals surface area (Å²) in [6.45, 7) is -0.171. The molecule has 2 aromatic rings. The largest absolute Gasteiger partial charge is 0.508 e. The van der Waals surface area contributed by atoms with E-state index in [1.165, 1.54) is 12.1 Å².